The molecule has 1 aliphatic heterocycles. The van der Waals surface area contributed by atoms with Crippen LogP contribution in [0, 0.1) is 0 Å². The van der Waals surface area contributed by atoms with Gasteiger partial charge < -0.3 is 14.6 Å². The van der Waals surface area contributed by atoms with Crippen LogP contribution in [0.15, 0.2) is 28.7 Å². The van der Waals surface area contributed by atoms with E-state index in [0.29, 0.717) is 6.61 Å². The molecule has 20 heavy (non-hydrogen) atoms. The summed E-state index contributed by atoms with van der Waals surface area (Å²) in [5, 5.41) is 3.32. The molecular weight excluding hydrogens is 272 g/mol. The van der Waals surface area contributed by atoms with Crippen LogP contribution in [0.5, 0.6) is 0 Å². The Morgan fingerprint density at radius 2 is 2.15 bits per heavy atom. The Morgan fingerprint density at radius 1 is 1.40 bits per heavy atom. The summed E-state index contributed by atoms with van der Waals surface area (Å²) < 4.78 is 21.6. The molecule has 1 aromatic rings. The van der Waals surface area contributed by atoms with Crippen molar-refractivity contribution in [2.45, 2.75) is 31.6 Å². The third-order valence-electron chi connectivity index (χ3n) is 3.08. The highest BCUT2D eigenvalue weighted by atomic mass is 32.2. The second kappa shape index (κ2) is 6.72. The summed E-state index contributed by atoms with van der Waals surface area (Å²) in [6.07, 6.45) is 1.74. The first-order valence-electron chi connectivity index (χ1n) is 6.86. The number of ether oxygens (including phenoxy) is 1. The Bertz CT molecular complexity index is 465. The van der Waals surface area contributed by atoms with Crippen molar-refractivity contribution in [2.24, 2.45) is 4.40 Å². The van der Waals surface area contributed by atoms with Crippen molar-refractivity contribution in [1.29, 1.82) is 0 Å². The van der Waals surface area contributed by atoms with Gasteiger partial charge in [0.2, 0.25) is 0 Å². The lowest BCUT2D eigenvalue weighted by Gasteiger charge is -2.25. The van der Waals surface area contributed by atoms with E-state index in [1.807, 2.05) is 45.0 Å². The predicted molar refractivity (Wildman–Crippen MR) is 83.5 cm³/mol. The molecule has 4 nitrogen and oxygen atoms in total. The molecule has 5 heteroatoms. The van der Waals surface area contributed by atoms with Crippen molar-refractivity contribution in [2.75, 3.05) is 19.7 Å². The Balaban J connectivity index is 2.17. The molecule has 1 aromatic carbocycles. The quantitative estimate of drug-likeness (QED) is 0.687. The van der Waals surface area contributed by atoms with Crippen LogP contribution < -0.4 is 5.32 Å². The number of hydrogen-bond donors (Lipinski definition) is 1. The van der Waals surface area contributed by atoms with Crippen molar-refractivity contribution in [3.05, 3.63) is 35.4 Å². The van der Waals surface area contributed by atoms with Gasteiger partial charge in [-0.05, 0) is 26.3 Å². The van der Waals surface area contributed by atoms with E-state index in [2.05, 4.69) is 9.71 Å². The molecule has 1 fully saturated rings. The van der Waals surface area contributed by atoms with E-state index in [0.717, 1.165) is 24.2 Å². The van der Waals surface area contributed by atoms with E-state index >= 15 is 0 Å². The molecule has 2 unspecified atom stereocenters. The second-order valence-electron chi connectivity index (χ2n) is 5.79. The van der Waals surface area contributed by atoms with Crippen LogP contribution in [0.3, 0.4) is 0 Å². The first-order chi connectivity index (χ1) is 9.48. The summed E-state index contributed by atoms with van der Waals surface area (Å²) in [5.74, 6) is 0. The van der Waals surface area contributed by atoms with E-state index in [-0.39, 0.29) is 10.9 Å². The van der Waals surface area contributed by atoms with Crippen LogP contribution in [-0.4, -0.2) is 35.2 Å². The summed E-state index contributed by atoms with van der Waals surface area (Å²) >= 11 is -1.24. The summed E-state index contributed by atoms with van der Waals surface area (Å²) in [6, 6.07) is 7.97. The lowest BCUT2D eigenvalue weighted by atomic mass is 10.0. The van der Waals surface area contributed by atoms with Gasteiger partial charge >= 0.3 is 0 Å². The minimum Gasteiger partial charge on any atom is -0.591 e. The molecule has 110 valence electrons. The molecule has 0 amide bonds. The van der Waals surface area contributed by atoms with E-state index in [1.54, 1.807) is 6.21 Å². The van der Waals surface area contributed by atoms with Crippen molar-refractivity contribution in [3.8, 4) is 0 Å². The van der Waals surface area contributed by atoms with Crippen LogP contribution in [0.4, 0.5) is 0 Å². The summed E-state index contributed by atoms with van der Waals surface area (Å²) in [7, 11) is 0. The van der Waals surface area contributed by atoms with Gasteiger partial charge in [0, 0.05) is 18.7 Å². The van der Waals surface area contributed by atoms with E-state index in [4.69, 9.17) is 4.74 Å². The van der Waals surface area contributed by atoms with Crippen LogP contribution in [0.2, 0.25) is 0 Å². The zero-order valence-corrected chi connectivity index (χ0v) is 13.1. The van der Waals surface area contributed by atoms with Crippen molar-refractivity contribution in [1.82, 2.24) is 5.32 Å². The fourth-order valence-electron chi connectivity index (χ4n) is 1.95. The lowest BCUT2D eigenvalue weighted by Crippen LogP contribution is -2.33. The fourth-order valence-corrected chi connectivity index (χ4v) is 2.48. The zero-order chi connectivity index (χ0) is 14.6. The van der Waals surface area contributed by atoms with Crippen molar-refractivity contribution in [3.63, 3.8) is 0 Å². The normalized spacial score (nSPS) is 22.1. The van der Waals surface area contributed by atoms with Crippen molar-refractivity contribution < 1.29 is 9.29 Å². The summed E-state index contributed by atoms with van der Waals surface area (Å²) in [5.41, 5.74) is 2.06. The number of morpholine rings is 1. The van der Waals surface area contributed by atoms with E-state index < -0.39 is 11.4 Å². The molecule has 1 aliphatic rings. The first kappa shape index (κ1) is 15.5. The van der Waals surface area contributed by atoms with Gasteiger partial charge in [0.05, 0.1) is 18.9 Å². The van der Waals surface area contributed by atoms with Gasteiger partial charge in [-0.3, -0.25) is 0 Å². The third-order valence-corrected chi connectivity index (χ3v) is 4.43. The van der Waals surface area contributed by atoms with Gasteiger partial charge in [-0.15, -0.1) is 0 Å². The Kier molecular flexibility index (Phi) is 5.21. The minimum atomic E-state index is -1.24. The smallest absolute Gasteiger partial charge is 0.144 e. The first-order valence-corrected chi connectivity index (χ1v) is 7.96. The lowest BCUT2D eigenvalue weighted by molar-refractivity contribution is 0.0276. The van der Waals surface area contributed by atoms with Crippen LogP contribution in [0.1, 0.15) is 38.0 Å². The molecule has 1 saturated heterocycles. The summed E-state index contributed by atoms with van der Waals surface area (Å²) in [4.78, 5) is 0. The highest BCUT2D eigenvalue weighted by Crippen LogP contribution is 2.22. The largest absolute Gasteiger partial charge is 0.591 e. The fraction of sp³-hybridized carbons (Fsp3) is 0.533. The van der Waals surface area contributed by atoms with Crippen molar-refractivity contribution >= 4 is 17.6 Å². The Hall–Kier alpha value is -0.880. The number of hydrogen-bond acceptors (Lipinski definition) is 4. The number of nitrogens with one attached hydrogen (secondary N) is 1. The number of benzene rings is 1. The monoisotopic (exact) mass is 294 g/mol. The van der Waals surface area contributed by atoms with Crippen LogP contribution >= 0.6 is 0 Å². The number of rotatable bonds is 3. The molecule has 0 aliphatic carbocycles. The van der Waals surface area contributed by atoms with Gasteiger partial charge in [0.1, 0.15) is 16.1 Å². The average Bonchev–Trinajstić information content (AvgIpc) is 2.45. The highest BCUT2D eigenvalue weighted by molar-refractivity contribution is 7.91. The molecule has 0 spiro atoms. The Labute approximate surface area is 123 Å². The number of nitrogens with zero attached hydrogens (tertiary/aromatic N) is 1. The van der Waals surface area contributed by atoms with Gasteiger partial charge in [0.25, 0.3) is 0 Å². The van der Waals surface area contributed by atoms with Gasteiger partial charge in [-0.25, -0.2) is 0 Å². The van der Waals surface area contributed by atoms with E-state index in [1.165, 1.54) is 0 Å². The third kappa shape index (κ3) is 4.06. The second-order valence-corrected chi connectivity index (χ2v) is 7.72. The molecule has 2 atom stereocenters. The van der Waals surface area contributed by atoms with Crippen LogP contribution in [-0.2, 0) is 16.1 Å². The molecule has 0 radical (unpaired) electrons. The van der Waals surface area contributed by atoms with Gasteiger partial charge in [0.15, 0.2) is 0 Å². The maximum Gasteiger partial charge on any atom is 0.144 e. The topological polar surface area (TPSA) is 56.7 Å². The van der Waals surface area contributed by atoms with Gasteiger partial charge in [-0.2, -0.15) is 0 Å². The Morgan fingerprint density at radius 3 is 2.80 bits per heavy atom. The highest BCUT2D eigenvalue weighted by Gasteiger charge is 2.26. The zero-order valence-electron chi connectivity index (χ0n) is 12.3. The maximum atomic E-state index is 12.0. The molecule has 1 N–H and O–H groups in total. The van der Waals surface area contributed by atoms with E-state index in [9.17, 15) is 4.55 Å². The predicted octanol–water partition coefficient (Wildman–Crippen LogP) is 2.23. The standard InChI is InChI=1S/C15H22N2O2S/c1-15(2,3)20(18)17-10-12-6-4-5-7-13(12)14-11-16-8-9-19-14/h4-7,10,14,16H,8-9,11H2,1-3H3. The summed E-state index contributed by atoms with van der Waals surface area (Å²) in [6.45, 7) is 8.15. The molecule has 0 aromatic heterocycles. The van der Waals surface area contributed by atoms with Gasteiger partial charge in [-0.1, -0.05) is 28.7 Å². The minimum absolute atomic E-state index is 0.0365. The average molecular weight is 294 g/mol. The molecule has 0 bridgehead atoms. The van der Waals surface area contributed by atoms with Crippen LogP contribution in [0.25, 0.3) is 0 Å². The maximum absolute atomic E-state index is 12.0. The molecular formula is C15H22N2O2S. The molecule has 0 saturated carbocycles. The molecule has 2 rings (SSSR count). The SMILES string of the molecule is CC(C)(C)[S+]([O-])N=Cc1ccccc1C1CNCCO1. The molecule has 1 heterocycles.